The Morgan fingerprint density at radius 1 is 1.53 bits per heavy atom. The maximum atomic E-state index is 12.0. The van der Waals surface area contributed by atoms with E-state index in [0.29, 0.717) is 16.3 Å². The van der Waals surface area contributed by atoms with Gasteiger partial charge in [0.15, 0.2) is 0 Å². The Morgan fingerprint density at radius 2 is 2.26 bits per heavy atom. The van der Waals surface area contributed by atoms with Crippen LogP contribution in [0.1, 0.15) is 17.2 Å². The number of rotatable bonds is 3. The Morgan fingerprint density at radius 3 is 2.84 bits per heavy atom. The number of aromatic nitrogens is 2. The number of nitrogens with two attached hydrogens (primary N) is 1. The molecule has 5 nitrogen and oxygen atoms in total. The zero-order chi connectivity index (χ0) is 14.0. The van der Waals surface area contributed by atoms with E-state index < -0.39 is 6.04 Å². The Balaban J connectivity index is 2.12. The molecule has 19 heavy (non-hydrogen) atoms. The summed E-state index contributed by atoms with van der Waals surface area (Å²) in [5.74, 6) is -0.321. The first-order valence-corrected chi connectivity index (χ1v) is 6.16. The molecule has 2 rings (SSSR count). The van der Waals surface area contributed by atoms with Gasteiger partial charge < -0.3 is 11.1 Å². The third kappa shape index (κ3) is 3.13. The molecule has 1 amide bonds. The lowest BCUT2D eigenvalue weighted by Gasteiger charge is -2.12. The summed E-state index contributed by atoms with van der Waals surface area (Å²) in [6.45, 7) is 1.93. The van der Waals surface area contributed by atoms with Crippen molar-refractivity contribution >= 4 is 23.2 Å². The SMILES string of the molecule is Cc1ccc(NC(=O)C(N)c2cnn(C)c2)c(Cl)c1. The van der Waals surface area contributed by atoms with Crippen LogP contribution in [0.4, 0.5) is 5.69 Å². The maximum absolute atomic E-state index is 12.0. The standard InChI is InChI=1S/C13H15ClN4O/c1-8-3-4-11(10(14)5-8)17-13(19)12(15)9-6-16-18(2)7-9/h3-7,12H,15H2,1-2H3,(H,17,19). The van der Waals surface area contributed by atoms with E-state index >= 15 is 0 Å². The fourth-order valence-electron chi connectivity index (χ4n) is 1.68. The van der Waals surface area contributed by atoms with Crippen LogP contribution in [-0.4, -0.2) is 15.7 Å². The predicted octanol–water partition coefficient (Wildman–Crippen LogP) is 2.02. The minimum atomic E-state index is -0.772. The van der Waals surface area contributed by atoms with Crippen LogP contribution >= 0.6 is 11.6 Å². The van der Waals surface area contributed by atoms with Gasteiger partial charge in [0.05, 0.1) is 16.9 Å². The number of hydrogen-bond acceptors (Lipinski definition) is 3. The van der Waals surface area contributed by atoms with Gasteiger partial charge in [-0.3, -0.25) is 9.48 Å². The molecule has 0 aliphatic heterocycles. The Labute approximate surface area is 116 Å². The summed E-state index contributed by atoms with van der Waals surface area (Å²) < 4.78 is 1.60. The number of aryl methyl sites for hydroxylation is 2. The van der Waals surface area contributed by atoms with Crippen LogP contribution < -0.4 is 11.1 Å². The van der Waals surface area contributed by atoms with Gasteiger partial charge in [-0.1, -0.05) is 17.7 Å². The zero-order valence-corrected chi connectivity index (χ0v) is 11.5. The zero-order valence-electron chi connectivity index (χ0n) is 10.7. The highest BCUT2D eigenvalue weighted by atomic mass is 35.5. The van der Waals surface area contributed by atoms with Gasteiger partial charge in [0.1, 0.15) is 6.04 Å². The quantitative estimate of drug-likeness (QED) is 0.902. The summed E-state index contributed by atoms with van der Waals surface area (Å²) in [7, 11) is 1.77. The van der Waals surface area contributed by atoms with E-state index in [2.05, 4.69) is 10.4 Å². The summed E-state index contributed by atoms with van der Waals surface area (Å²) in [6, 6.07) is 4.64. The molecule has 6 heteroatoms. The van der Waals surface area contributed by atoms with Crippen molar-refractivity contribution in [1.82, 2.24) is 9.78 Å². The summed E-state index contributed by atoms with van der Waals surface area (Å²) in [5.41, 5.74) is 8.11. The van der Waals surface area contributed by atoms with Crippen LogP contribution in [0.3, 0.4) is 0 Å². The molecule has 0 fully saturated rings. The monoisotopic (exact) mass is 278 g/mol. The number of nitrogens with one attached hydrogen (secondary N) is 1. The molecule has 2 aromatic rings. The van der Waals surface area contributed by atoms with E-state index in [4.69, 9.17) is 17.3 Å². The first-order chi connectivity index (χ1) is 8.97. The van der Waals surface area contributed by atoms with Crippen LogP contribution in [0, 0.1) is 6.92 Å². The van der Waals surface area contributed by atoms with Gasteiger partial charge in [0.25, 0.3) is 0 Å². The Hall–Kier alpha value is -1.85. The van der Waals surface area contributed by atoms with E-state index in [1.54, 1.807) is 36.3 Å². The number of nitrogens with zero attached hydrogens (tertiary/aromatic N) is 2. The molecular formula is C13H15ClN4O. The van der Waals surface area contributed by atoms with E-state index in [-0.39, 0.29) is 5.91 Å². The minimum absolute atomic E-state index is 0.321. The highest BCUT2D eigenvalue weighted by Crippen LogP contribution is 2.23. The number of carbonyl (C=O) groups excluding carboxylic acids is 1. The van der Waals surface area contributed by atoms with Crippen molar-refractivity contribution in [2.45, 2.75) is 13.0 Å². The maximum Gasteiger partial charge on any atom is 0.246 e. The van der Waals surface area contributed by atoms with Crippen molar-refractivity contribution in [2.24, 2.45) is 12.8 Å². The Bertz CT molecular complexity index is 608. The van der Waals surface area contributed by atoms with E-state index in [1.807, 2.05) is 13.0 Å². The van der Waals surface area contributed by atoms with Crippen molar-refractivity contribution in [3.8, 4) is 0 Å². The molecule has 1 aromatic heterocycles. The predicted molar refractivity (Wildman–Crippen MR) is 75.0 cm³/mol. The molecule has 3 N–H and O–H groups in total. The number of carbonyl (C=O) groups is 1. The molecule has 0 saturated carbocycles. The fraction of sp³-hybridized carbons (Fsp3) is 0.231. The van der Waals surface area contributed by atoms with Crippen LogP contribution in [0.5, 0.6) is 0 Å². The van der Waals surface area contributed by atoms with Crippen molar-refractivity contribution in [2.75, 3.05) is 5.32 Å². The highest BCUT2D eigenvalue weighted by Gasteiger charge is 2.18. The first-order valence-electron chi connectivity index (χ1n) is 5.78. The van der Waals surface area contributed by atoms with Crippen LogP contribution in [0.25, 0.3) is 0 Å². The highest BCUT2D eigenvalue weighted by molar-refractivity contribution is 6.33. The number of anilines is 1. The minimum Gasteiger partial charge on any atom is -0.323 e. The summed E-state index contributed by atoms with van der Waals surface area (Å²) in [6.07, 6.45) is 3.28. The second kappa shape index (κ2) is 5.42. The second-order valence-electron chi connectivity index (χ2n) is 4.40. The van der Waals surface area contributed by atoms with Gasteiger partial charge in [-0.15, -0.1) is 0 Å². The molecule has 0 aliphatic carbocycles. The molecule has 1 unspecified atom stereocenters. The largest absolute Gasteiger partial charge is 0.323 e. The van der Waals surface area contributed by atoms with Gasteiger partial charge in [-0.05, 0) is 24.6 Å². The lowest BCUT2D eigenvalue weighted by atomic mass is 10.1. The summed E-state index contributed by atoms with van der Waals surface area (Å²) >= 11 is 6.06. The van der Waals surface area contributed by atoms with Crippen molar-refractivity contribution < 1.29 is 4.79 Å². The summed E-state index contributed by atoms with van der Waals surface area (Å²) in [5, 5.41) is 7.19. The van der Waals surface area contributed by atoms with Gasteiger partial charge in [0.2, 0.25) is 5.91 Å². The number of amides is 1. The second-order valence-corrected chi connectivity index (χ2v) is 4.80. The molecule has 1 atom stereocenters. The topological polar surface area (TPSA) is 72.9 Å². The first kappa shape index (κ1) is 13.6. The average molecular weight is 279 g/mol. The van der Waals surface area contributed by atoms with Crippen LogP contribution in [-0.2, 0) is 11.8 Å². The molecule has 1 heterocycles. The molecule has 0 radical (unpaired) electrons. The molecule has 0 aliphatic rings. The molecule has 1 aromatic carbocycles. The fourth-order valence-corrected chi connectivity index (χ4v) is 1.97. The van der Waals surface area contributed by atoms with Crippen molar-refractivity contribution in [3.05, 3.63) is 46.7 Å². The molecule has 100 valence electrons. The van der Waals surface area contributed by atoms with Crippen molar-refractivity contribution in [1.29, 1.82) is 0 Å². The van der Waals surface area contributed by atoms with Gasteiger partial charge >= 0.3 is 0 Å². The third-order valence-electron chi connectivity index (χ3n) is 2.75. The summed E-state index contributed by atoms with van der Waals surface area (Å²) in [4.78, 5) is 12.0. The molecule has 0 spiro atoms. The lowest BCUT2D eigenvalue weighted by molar-refractivity contribution is -0.117. The third-order valence-corrected chi connectivity index (χ3v) is 3.06. The normalized spacial score (nSPS) is 12.2. The van der Waals surface area contributed by atoms with E-state index in [0.717, 1.165) is 5.56 Å². The van der Waals surface area contributed by atoms with Crippen molar-refractivity contribution in [3.63, 3.8) is 0 Å². The van der Waals surface area contributed by atoms with E-state index in [9.17, 15) is 4.79 Å². The van der Waals surface area contributed by atoms with Gasteiger partial charge in [-0.2, -0.15) is 5.10 Å². The Kier molecular flexibility index (Phi) is 3.87. The smallest absolute Gasteiger partial charge is 0.246 e. The van der Waals surface area contributed by atoms with Gasteiger partial charge in [-0.25, -0.2) is 0 Å². The number of hydrogen-bond donors (Lipinski definition) is 2. The molecule has 0 saturated heterocycles. The number of benzene rings is 1. The van der Waals surface area contributed by atoms with Crippen LogP contribution in [0.15, 0.2) is 30.6 Å². The number of halogens is 1. The van der Waals surface area contributed by atoms with Crippen LogP contribution in [0.2, 0.25) is 5.02 Å². The van der Waals surface area contributed by atoms with E-state index in [1.165, 1.54) is 0 Å². The average Bonchev–Trinajstić information content (AvgIpc) is 2.78. The van der Waals surface area contributed by atoms with Gasteiger partial charge in [0, 0.05) is 18.8 Å². The molecular weight excluding hydrogens is 264 g/mol. The molecule has 0 bridgehead atoms. The lowest BCUT2D eigenvalue weighted by Crippen LogP contribution is -2.27.